The first kappa shape index (κ1) is 31.8. The molecule has 0 saturated carbocycles. The molecule has 0 aliphatic carbocycles. The predicted octanol–water partition coefficient (Wildman–Crippen LogP) is 3.38. The van der Waals surface area contributed by atoms with Gasteiger partial charge in [0.1, 0.15) is 5.75 Å². The Bertz CT molecular complexity index is 1200. The molecule has 0 spiro atoms. The Kier molecular flexibility index (Phi) is 11.7. The van der Waals surface area contributed by atoms with Crippen molar-refractivity contribution < 1.29 is 27.8 Å². The minimum atomic E-state index is -3.55. The van der Waals surface area contributed by atoms with Gasteiger partial charge in [-0.25, -0.2) is 8.42 Å². The van der Waals surface area contributed by atoms with E-state index in [4.69, 9.17) is 9.47 Å². The summed E-state index contributed by atoms with van der Waals surface area (Å²) >= 11 is 0. The molecule has 2 N–H and O–H groups in total. The maximum Gasteiger partial charge on any atom is 0.258 e. The van der Waals surface area contributed by atoms with Crippen LogP contribution in [0.15, 0.2) is 42.7 Å². The number of benzene rings is 1. The van der Waals surface area contributed by atoms with E-state index in [1.165, 1.54) is 6.07 Å². The number of sulfonamides is 1. The van der Waals surface area contributed by atoms with Gasteiger partial charge in [0.25, 0.3) is 5.91 Å². The number of likely N-dealkylation sites (N-methyl/N-ethyl adjacent to an activating group) is 1. The Labute approximate surface area is 238 Å². The van der Waals surface area contributed by atoms with Gasteiger partial charge in [-0.2, -0.15) is 0 Å². The van der Waals surface area contributed by atoms with E-state index in [0.29, 0.717) is 25.4 Å². The van der Waals surface area contributed by atoms with Gasteiger partial charge in [-0.3, -0.25) is 19.4 Å². The van der Waals surface area contributed by atoms with Crippen LogP contribution in [0.5, 0.6) is 5.75 Å². The van der Waals surface area contributed by atoms with Crippen LogP contribution in [0.2, 0.25) is 0 Å². The number of hydrogen-bond donors (Lipinski definition) is 2. The molecular weight excluding hydrogens is 532 g/mol. The minimum absolute atomic E-state index is 0.0543. The van der Waals surface area contributed by atoms with Crippen molar-refractivity contribution in [3.05, 3.63) is 53.9 Å². The highest BCUT2D eigenvalue weighted by atomic mass is 32.2. The fraction of sp³-hybridized carbons (Fsp3) is 0.586. The molecule has 11 heteroatoms. The summed E-state index contributed by atoms with van der Waals surface area (Å²) in [6.45, 7) is 7.93. The Morgan fingerprint density at radius 3 is 2.60 bits per heavy atom. The summed E-state index contributed by atoms with van der Waals surface area (Å²) in [6.07, 6.45) is 6.87. The van der Waals surface area contributed by atoms with Crippen LogP contribution in [-0.4, -0.2) is 92.1 Å². The molecule has 2 heterocycles. The molecule has 0 unspecified atom stereocenters. The standard InChI is InChI=1S/C29H44N4O6S/c1-21-17-33(22(2)20-34)29(35)26-16-25(31-40(5,36)37)9-10-27(26)39-23(3)8-6-7-15-38-28(21)19-32(4)18-24-11-13-30-14-12-24/h9-14,16,21-23,28,31,34H,6-8,15,17-20H2,1-5H3/t21-,22-,23+,28-/m1/s1. The monoisotopic (exact) mass is 576 g/mol. The van der Waals surface area contributed by atoms with E-state index in [2.05, 4.69) is 21.5 Å². The third-order valence-electron chi connectivity index (χ3n) is 7.05. The fourth-order valence-corrected chi connectivity index (χ4v) is 5.39. The number of aliphatic hydroxyl groups excluding tert-OH is 1. The molecule has 1 aliphatic rings. The van der Waals surface area contributed by atoms with E-state index in [1.54, 1.807) is 36.4 Å². The van der Waals surface area contributed by atoms with Crippen molar-refractivity contribution in [1.82, 2.24) is 14.8 Å². The third kappa shape index (κ3) is 9.72. The lowest BCUT2D eigenvalue weighted by Gasteiger charge is -2.36. The average molecular weight is 577 g/mol. The van der Waals surface area contributed by atoms with Crippen LogP contribution < -0.4 is 9.46 Å². The number of hydrogen-bond acceptors (Lipinski definition) is 8. The summed E-state index contributed by atoms with van der Waals surface area (Å²) in [5.74, 6) is -0.00334. The zero-order valence-corrected chi connectivity index (χ0v) is 25.1. The normalized spacial score (nSPS) is 22.2. The summed E-state index contributed by atoms with van der Waals surface area (Å²) in [4.78, 5) is 22.0. The maximum absolute atomic E-state index is 14.0. The Morgan fingerprint density at radius 2 is 1.93 bits per heavy atom. The summed E-state index contributed by atoms with van der Waals surface area (Å²) in [5.41, 5.74) is 1.67. The van der Waals surface area contributed by atoms with Crippen molar-refractivity contribution in [3.63, 3.8) is 0 Å². The average Bonchev–Trinajstić information content (AvgIpc) is 2.90. The van der Waals surface area contributed by atoms with E-state index in [9.17, 15) is 18.3 Å². The fourth-order valence-electron chi connectivity index (χ4n) is 4.83. The SMILES string of the molecule is C[C@@H]1CN([C@H](C)CO)C(=O)c2cc(NS(C)(=O)=O)ccc2O[C@@H](C)CCCCO[C@@H]1CN(C)Cc1ccncc1. The quantitative estimate of drug-likeness (QED) is 0.491. The molecule has 1 aromatic heterocycles. The second kappa shape index (κ2) is 14.8. The van der Waals surface area contributed by atoms with E-state index >= 15 is 0 Å². The molecule has 2 aromatic rings. The first-order valence-electron chi connectivity index (χ1n) is 13.9. The Morgan fingerprint density at radius 1 is 1.20 bits per heavy atom. The van der Waals surface area contributed by atoms with E-state index in [1.807, 2.05) is 26.1 Å². The second-order valence-electron chi connectivity index (χ2n) is 10.9. The molecule has 0 fully saturated rings. The van der Waals surface area contributed by atoms with Crippen molar-refractivity contribution in [1.29, 1.82) is 0 Å². The second-order valence-corrected chi connectivity index (χ2v) is 12.7. The number of aliphatic hydroxyl groups is 1. The number of ether oxygens (including phenoxy) is 2. The number of pyridine rings is 1. The first-order chi connectivity index (χ1) is 19.0. The summed E-state index contributed by atoms with van der Waals surface area (Å²) in [7, 11) is -1.50. The Balaban J connectivity index is 1.92. The van der Waals surface area contributed by atoms with Crippen molar-refractivity contribution in [3.8, 4) is 5.75 Å². The smallest absolute Gasteiger partial charge is 0.258 e. The number of nitrogens with one attached hydrogen (secondary N) is 1. The molecule has 0 bridgehead atoms. The van der Waals surface area contributed by atoms with Crippen molar-refractivity contribution in [2.75, 3.05) is 44.3 Å². The lowest BCUT2D eigenvalue weighted by atomic mass is 10.0. The largest absolute Gasteiger partial charge is 0.490 e. The zero-order chi connectivity index (χ0) is 29.3. The molecular formula is C29H44N4O6S. The molecule has 1 aromatic carbocycles. The van der Waals surface area contributed by atoms with Gasteiger partial charge in [-0.15, -0.1) is 0 Å². The number of amides is 1. The van der Waals surface area contributed by atoms with Gasteiger partial charge in [0.15, 0.2) is 0 Å². The first-order valence-corrected chi connectivity index (χ1v) is 15.7. The van der Waals surface area contributed by atoms with Crippen molar-refractivity contribution in [2.24, 2.45) is 5.92 Å². The molecule has 4 atom stereocenters. The third-order valence-corrected chi connectivity index (χ3v) is 7.65. The Hall–Kier alpha value is -2.73. The highest BCUT2D eigenvalue weighted by Crippen LogP contribution is 2.29. The van der Waals surface area contributed by atoms with Crippen LogP contribution in [0.25, 0.3) is 0 Å². The molecule has 10 nitrogen and oxygen atoms in total. The van der Waals surface area contributed by atoms with Crippen molar-refractivity contribution in [2.45, 2.75) is 64.8 Å². The highest BCUT2D eigenvalue weighted by molar-refractivity contribution is 7.92. The van der Waals surface area contributed by atoms with Gasteiger partial charge in [0.05, 0.1) is 36.7 Å². The lowest BCUT2D eigenvalue weighted by Crippen LogP contribution is -2.47. The molecule has 0 saturated heterocycles. The lowest BCUT2D eigenvalue weighted by molar-refractivity contribution is -0.0177. The molecule has 1 amide bonds. The van der Waals surface area contributed by atoms with Crippen LogP contribution >= 0.6 is 0 Å². The number of aromatic nitrogens is 1. The van der Waals surface area contributed by atoms with Gasteiger partial charge < -0.3 is 19.5 Å². The molecule has 0 radical (unpaired) electrons. The number of carbonyl (C=O) groups excluding carboxylic acids is 1. The van der Waals surface area contributed by atoms with Crippen LogP contribution in [0.4, 0.5) is 5.69 Å². The summed E-state index contributed by atoms with van der Waals surface area (Å²) in [6, 6.07) is 8.24. The molecule has 3 rings (SSSR count). The molecule has 222 valence electrons. The van der Waals surface area contributed by atoms with Crippen LogP contribution in [-0.2, 0) is 21.3 Å². The van der Waals surface area contributed by atoms with Gasteiger partial charge >= 0.3 is 0 Å². The van der Waals surface area contributed by atoms with Gasteiger partial charge in [0.2, 0.25) is 10.0 Å². The summed E-state index contributed by atoms with van der Waals surface area (Å²) in [5, 5.41) is 10.1. The van der Waals surface area contributed by atoms with Gasteiger partial charge in [-0.05, 0) is 76.1 Å². The number of carbonyl (C=O) groups is 1. The van der Waals surface area contributed by atoms with E-state index in [0.717, 1.165) is 37.6 Å². The number of rotatable bonds is 8. The predicted molar refractivity (Wildman–Crippen MR) is 156 cm³/mol. The number of fused-ring (bicyclic) bond motifs is 1. The van der Waals surface area contributed by atoms with Crippen LogP contribution in [0.1, 0.15) is 56.0 Å². The minimum Gasteiger partial charge on any atom is -0.490 e. The maximum atomic E-state index is 14.0. The number of nitrogens with zero attached hydrogens (tertiary/aromatic N) is 3. The van der Waals surface area contributed by atoms with Gasteiger partial charge in [-0.1, -0.05) is 6.92 Å². The van der Waals surface area contributed by atoms with Gasteiger partial charge in [0, 0.05) is 50.2 Å². The zero-order valence-electron chi connectivity index (χ0n) is 24.2. The van der Waals surface area contributed by atoms with Crippen LogP contribution in [0.3, 0.4) is 0 Å². The van der Waals surface area contributed by atoms with E-state index < -0.39 is 16.1 Å². The topological polar surface area (TPSA) is 121 Å². The number of anilines is 1. The van der Waals surface area contributed by atoms with Crippen molar-refractivity contribution >= 4 is 21.6 Å². The molecule has 40 heavy (non-hydrogen) atoms. The highest BCUT2D eigenvalue weighted by Gasteiger charge is 2.30. The molecule has 1 aliphatic heterocycles. The summed E-state index contributed by atoms with van der Waals surface area (Å²) < 4.78 is 38.8. The van der Waals surface area contributed by atoms with E-state index in [-0.39, 0.29) is 41.9 Å². The van der Waals surface area contributed by atoms with Crippen LogP contribution in [0, 0.1) is 5.92 Å².